The molecular weight excluding hydrogens is 240 g/mol. The molecule has 0 aliphatic rings. The molecule has 1 unspecified atom stereocenters. The van der Waals surface area contributed by atoms with E-state index in [2.05, 4.69) is 34.6 Å². The van der Waals surface area contributed by atoms with Gasteiger partial charge in [0.1, 0.15) is 5.76 Å². The molecule has 0 saturated heterocycles. The van der Waals surface area contributed by atoms with Gasteiger partial charge in [0.05, 0.1) is 35.5 Å². The first-order valence-electron chi connectivity index (χ1n) is 6.50. The lowest BCUT2D eigenvalue weighted by Crippen LogP contribution is -2.09. The van der Waals surface area contributed by atoms with Gasteiger partial charge < -0.3 is 15.2 Å². The summed E-state index contributed by atoms with van der Waals surface area (Å²) in [7, 11) is 0. The van der Waals surface area contributed by atoms with Crippen LogP contribution in [0.5, 0.6) is 0 Å². The van der Waals surface area contributed by atoms with Gasteiger partial charge in [-0.1, -0.05) is 5.16 Å². The topological polar surface area (TPSA) is 63.0 Å². The number of anilines is 2. The fourth-order valence-corrected chi connectivity index (χ4v) is 2.25. The van der Waals surface area contributed by atoms with Crippen LogP contribution in [0.4, 0.5) is 11.4 Å². The zero-order valence-electron chi connectivity index (χ0n) is 11.8. The van der Waals surface area contributed by atoms with Gasteiger partial charge in [0.2, 0.25) is 0 Å². The zero-order chi connectivity index (χ0) is 13.8. The number of aryl methyl sites for hydroxylation is 2. The predicted molar refractivity (Wildman–Crippen MR) is 76.4 cm³/mol. The number of aromatic nitrogens is 2. The lowest BCUT2D eigenvalue weighted by molar-refractivity contribution is 0.392. The van der Waals surface area contributed by atoms with Crippen molar-refractivity contribution in [2.75, 3.05) is 17.2 Å². The van der Waals surface area contributed by atoms with Gasteiger partial charge in [-0.05, 0) is 33.8 Å². The average molecular weight is 260 g/mol. The van der Waals surface area contributed by atoms with Gasteiger partial charge in [-0.25, -0.2) is 0 Å². The van der Waals surface area contributed by atoms with Crippen LogP contribution in [0.1, 0.15) is 36.9 Å². The first-order chi connectivity index (χ1) is 9.11. The maximum atomic E-state index is 5.20. The molecule has 0 aliphatic heterocycles. The Hall–Kier alpha value is -2.04. The Morgan fingerprint density at radius 1 is 1.26 bits per heavy atom. The van der Waals surface area contributed by atoms with E-state index in [-0.39, 0.29) is 6.04 Å². The molecule has 0 fully saturated rings. The highest BCUT2D eigenvalue weighted by Crippen LogP contribution is 2.25. The number of nitrogens with zero attached hydrogens (tertiary/aromatic N) is 2. The molecule has 0 saturated carbocycles. The maximum Gasteiger partial charge on any atom is 0.139 e. The van der Waals surface area contributed by atoms with Crippen LogP contribution >= 0.6 is 0 Å². The summed E-state index contributed by atoms with van der Waals surface area (Å²) in [6, 6.07) is 2.18. The smallest absolute Gasteiger partial charge is 0.139 e. The Bertz CT molecular complexity index is 531. The van der Waals surface area contributed by atoms with Crippen LogP contribution in [0.25, 0.3) is 0 Å². The van der Waals surface area contributed by atoms with Gasteiger partial charge in [0, 0.05) is 12.1 Å². The zero-order valence-corrected chi connectivity index (χ0v) is 11.8. The molecule has 2 aromatic rings. The van der Waals surface area contributed by atoms with Crippen molar-refractivity contribution in [1.82, 2.24) is 10.1 Å². The van der Waals surface area contributed by atoms with E-state index in [9.17, 15) is 0 Å². The van der Waals surface area contributed by atoms with Crippen molar-refractivity contribution < 1.29 is 4.52 Å². The van der Waals surface area contributed by atoms with Crippen molar-refractivity contribution >= 4 is 11.4 Å². The summed E-state index contributed by atoms with van der Waals surface area (Å²) >= 11 is 0. The van der Waals surface area contributed by atoms with E-state index in [1.54, 1.807) is 0 Å². The largest absolute Gasteiger partial charge is 0.384 e. The molecule has 2 rings (SSSR count). The van der Waals surface area contributed by atoms with E-state index in [0.717, 1.165) is 34.9 Å². The molecule has 0 radical (unpaired) electrons. The van der Waals surface area contributed by atoms with Gasteiger partial charge in [-0.15, -0.1) is 0 Å². The third kappa shape index (κ3) is 3.05. The normalized spacial score (nSPS) is 12.2. The Labute approximate surface area is 113 Å². The van der Waals surface area contributed by atoms with Crippen LogP contribution in [-0.4, -0.2) is 16.7 Å². The molecule has 5 heteroatoms. The molecule has 102 valence electrons. The SMILES string of the molecule is CCNc1cncc(NC(C)c2c(C)noc2C)c1. The Balaban J connectivity index is 2.14. The van der Waals surface area contributed by atoms with Crippen molar-refractivity contribution in [2.24, 2.45) is 0 Å². The molecule has 2 N–H and O–H groups in total. The number of rotatable bonds is 5. The molecule has 0 spiro atoms. The fraction of sp³-hybridized carbons (Fsp3) is 0.429. The lowest BCUT2D eigenvalue weighted by Gasteiger charge is -2.15. The van der Waals surface area contributed by atoms with E-state index < -0.39 is 0 Å². The third-order valence-electron chi connectivity index (χ3n) is 3.02. The Kier molecular flexibility index (Phi) is 4.04. The van der Waals surface area contributed by atoms with Crippen LogP contribution < -0.4 is 10.6 Å². The highest BCUT2D eigenvalue weighted by Gasteiger charge is 2.16. The minimum atomic E-state index is 0.130. The van der Waals surface area contributed by atoms with Crippen molar-refractivity contribution in [1.29, 1.82) is 0 Å². The molecule has 0 amide bonds. The minimum absolute atomic E-state index is 0.130. The Morgan fingerprint density at radius 2 is 2.00 bits per heavy atom. The molecule has 0 aliphatic carbocycles. The summed E-state index contributed by atoms with van der Waals surface area (Å²) in [5.41, 5.74) is 4.02. The van der Waals surface area contributed by atoms with E-state index in [4.69, 9.17) is 4.52 Å². The fourth-order valence-electron chi connectivity index (χ4n) is 2.25. The number of hydrogen-bond acceptors (Lipinski definition) is 5. The number of hydrogen-bond donors (Lipinski definition) is 2. The van der Waals surface area contributed by atoms with Crippen molar-refractivity contribution in [3.05, 3.63) is 35.5 Å². The highest BCUT2D eigenvalue weighted by atomic mass is 16.5. The monoisotopic (exact) mass is 260 g/mol. The highest BCUT2D eigenvalue weighted by molar-refractivity contribution is 5.55. The standard InChI is InChI=1S/C14H20N4O/c1-5-16-12-6-13(8-15-7-12)17-9(2)14-10(3)18-19-11(14)4/h6-9,16-17H,5H2,1-4H3. The number of pyridine rings is 1. The minimum Gasteiger partial charge on any atom is -0.384 e. The summed E-state index contributed by atoms with van der Waals surface area (Å²) in [4.78, 5) is 4.22. The van der Waals surface area contributed by atoms with Crippen LogP contribution in [-0.2, 0) is 0 Å². The number of nitrogens with one attached hydrogen (secondary N) is 2. The van der Waals surface area contributed by atoms with Crippen molar-refractivity contribution in [3.8, 4) is 0 Å². The molecule has 1 atom stereocenters. The van der Waals surface area contributed by atoms with Crippen molar-refractivity contribution in [2.45, 2.75) is 33.7 Å². The molecule has 5 nitrogen and oxygen atoms in total. The van der Waals surface area contributed by atoms with E-state index in [1.165, 1.54) is 0 Å². The second kappa shape index (κ2) is 5.73. The Morgan fingerprint density at radius 3 is 2.63 bits per heavy atom. The molecule has 0 bridgehead atoms. The molecule has 19 heavy (non-hydrogen) atoms. The van der Waals surface area contributed by atoms with Crippen LogP contribution in [0.3, 0.4) is 0 Å². The molecular formula is C14H20N4O. The van der Waals surface area contributed by atoms with Crippen LogP contribution in [0.15, 0.2) is 23.0 Å². The molecule has 2 aromatic heterocycles. The molecule has 2 heterocycles. The first-order valence-corrected chi connectivity index (χ1v) is 6.50. The van der Waals surface area contributed by atoms with E-state index in [1.807, 2.05) is 32.3 Å². The maximum absolute atomic E-state index is 5.20. The quantitative estimate of drug-likeness (QED) is 0.863. The van der Waals surface area contributed by atoms with Crippen LogP contribution in [0.2, 0.25) is 0 Å². The van der Waals surface area contributed by atoms with Gasteiger partial charge >= 0.3 is 0 Å². The average Bonchev–Trinajstić information content (AvgIpc) is 2.70. The summed E-state index contributed by atoms with van der Waals surface area (Å²) in [6.07, 6.45) is 3.63. The summed E-state index contributed by atoms with van der Waals surface area (Å²) in [5, 5.41) is 10.7. The summed E-state index contributed by atoms with van der Waals surface area (Å²) in [6.45, 7) is 8.92. The van der Waals surface area contributed by atoms with E-state index >= 15 is 0 Å². The molecule has 0 aromatic carbocycles. The van der Waals surface area contributed by atoms with Crippen LogP contribution in [0, 0.1) is 13.8 Å². The lowest BCUT2D eigenvalue weighted by atomic mass is 10.1. The first kappa shape index (κ1) is 13.4. The van der Waals surface area contributed by atoms with Crippen molar-refractivity contribution in [3.63, 3.8) is 0 Å². The third-order valence-corrected chi connectivity index (χ3v) is 3.02. The van der Waals surface area contributed by atoms with Gasteiger partial charge in [0.15, 0.2) is 0 Å². The summed E-state index contributed by atoms with van der Waals surface area (Å²) < 4.78 is 5.20. The van der Waals surface area contributed by atoms with Gasteiger partial charge in [-0.2, -0.15) is 0 Å². The van der Waals surface area contributed by atoms with Gasteiger partial charge in [0.25, 0.3) is 0 Å². The van der Waals surface area contributed by atoms with E-state index in [0.29, 0.717) is 0 Å². The summed E-state index contributed by atoms with van der Waals surface area (Å²) in [5.74, 6) is 0.855. The second-order valence-electron chi connectivity index (χ2n) is 4.60. The predicted octanol–water partition coefficient (Wildman–Crippen LogP) is 3.29. The van der Waals surface area contributed by atoms with Gasteiger partial charge in [-0.3, -0.25) is 4.98 Å². The second-order valence-corrected chi connectivity index (χ2v) is 4.60.